The van der Waals surface area contributed by atoms with Gasteiger partial charge in [-0.05, 0) is 68.6 Å². The van der Waals surface area contributed by atoms with E-state index in [2.05, 4.69) is 6.92 Å². The first-order valence-electron chi connectivity index (χ1n) is 10.1. The smallest absolute Gasteiger partial charge is 0.167 e. The molecule has 4 rings (SSSR count). The van der Waals surface area contributed by atoms with E-state index >= 15 is 0 Å². The number of Topliss-reactive ketones (excluding diaryl/α,β-unsaturated/α-hetero) is 1. The van der Waals surface area contributed by atoms with Crippen molar-refractivity contribution >= 4 is 5.78 Å². The first-order chi connectivity index (χ1) is 11.7. The molecule has 0 saturated heterocycles. The lowest BCUT2D eigenvalue weighted by Gasteiger charge is -2.63. The van der Waals surface area contributed by atoms with E-state index in [9.17, 15) is 9.90 Å². The molecule has 4 fully saturated rings. The molecule has 4 saturated carbocycles. The van der Waals surface area contributed by atoms with E-state index in [0.29, 0.717) is 30.5 Å². The number of carbonyl (C=O) groups excluding carboxylic acids is 1. The first kappa shape index (κ1) is 17.9. The Labute approximate surface area is 151 Å². The minimum absolute atomic E-state index is 0.228. The normalized spacial score (nSPS) is 51.6. The fourth-order valence-corrected chi connectivity index (χ4v) is 7.38. The standard InChI is InChI=1S/C21H34O4/c1-18-11-12-20(24-3,25-4)13-14(18)5-6-16-15(18)7-9-19(2)17(22)8-10-21(16,19)23/h14-16,23H,5-13H2,1-4H3/t14-,15+,16-,18-,19+,21+/m0/s1. The van der Waals surface area contributed by atoms with Crippen LogP contribution in [-0.2, 0) is 14.3 Å². The maximum absolute atomic E-state index is 12.5. The lowest BCUT2D eigenvalue weighted by molar-refractivity contribution is -0.269. The quantitative estimate of drug-likeness (QED) is 0.772. The van der Waals surface area contributed by atoms with Gasteiger partial charge in [-0.3, -0.25) is 4.79 Å². The van der Waals surface area contributed by atoms with Crippen molar-refractivity contribution in [2.75, 3.05) is 14.2 Å². The Balaban J connectivity index is 1.65. The van der Waals surface area contributed by atoms with Crippen LogP contribution in [0.5, 0.6) is 0 Å². The molecule has 0 unspecified atom stereocenters. The predicted molar refractivity (Wildman–Crippen MR) is 94.9 cm³/mol. The maximum Gasteiger partial charge on any atom is 0.167 e. The Morgan fingerprint density at radius 3 is 2.36 bits per heavy atom. The van der Waals surface area contributed by atoms with E-state index in [1.165, 1.54) is 0 Å². The highest BCUT2D eigenvalue weighted by molar-refractivity contribution is 5.88. The molecular weight excluding hydrogens is 316 g/mol. The molecule has 4 heteroatoms. The van der Waals surface area contributed by atoms with E-state index in [-0.39, 0.29) is 11.3 Å². The number of fused-ring (bicyclic) bond motifs is 5. The van der Waals surface area contributed by atoms with Gasteiger partial charge >= 0.3 is 0 Å². The van der Waals surface area contributed by atoms with Crippen molar-refractivity contribution in [3.63, 3.8) is 0 Å². The summed E-state index contributed by atoms with van der Waals surface area (Å²) in [6.45, 7) is 4.47. The van der Waals surface area contributed by atoms with Gasteiger partial charge in [0.05, 0.1) is 11.0 Å². The minimum atomic E-state index is -0.780. The van der Waals surface area contributed by atoms with Crippen LogP contribution in [0.1, 0.15) is 71.6 Å². The summed E-state index contributed by atoms with van der Waals surface area (Å²) in [5.41, 5.74) is -1.06. The molecular formula is C21H34O4. The van der Waals surface area contributed by atoms with Gasteiger partial charge in [0.25, 0.3) is 0 Å². The van der Waals surface area contributed by atoms with E-state index in [0.717, 1.165) is 44.9 Å². The fraction of sp³-hybridized carbons (Fsp3) is 0.952. The molecule has 142 valence electrons. The zero-order chi connectivity index (χ0) is 18.1. The van der Waals surface area contributed by atoms with E-state index < -0.39 is 16.8 Å². The third kappa shape index (κ3) is 2.14. The summed E-state index contributed by atoms with van der Waals surface area (Å²) >= 11 is 0. The molecule has 0 aliphatic heterocycles. The Bertz CT molecular complexity index is 570. The number of methoxy groups -OCH3 is 2. The molecule has 25 heavy (non-hydrogen) atoms. The van der Waals surface area contributed by atoms with Gasteiger partial charge in [0.1, 0.15) is 5.78 Å². The van der Waals surface area contributed by atoms with Gasteiger partial charge in [-0.15, -0.1) is 0 Å². The lowest BCUT2D eigenvalue weighted by Crippen LogP contribution is -2.63. The van der Waals surface area contributed by atoms with Crippen LogP contribution in [0.4, 0.5) is 0 Å². The number of hydrogen-bond acceptors (Lipinski definition) is 4. The van der Waals surface area contributed by atoms with E-state index in [1.807, 2.05) is 6.92 Å². The van der Waals surface area contributed by atoms with Crippen LogP contribution in [0.25, 0.3) is 0 Å². The molecule has 6 atom stereocenters. The highest BCUT2D eigenvalue weighted by atomic mass is 16.7. The lowest BCUT2D eigenvalue weighted by atomic mass is 9.43. The van der Waals surface area contributed by atoms with Crippen LogP contribution in [0.2, 0.25) is 0 Å². The molecule has 0 aromatic rings. The SMILES string of the molecule is COC1(OC)CC[C@@]2(C)[C@@H](CC[C@H]3[C@H]2CC[C@]2(C)C(=O)CC[C@@]32O)C1. The second-order valence-corrected chi connectivity index (χ2v) is 9.73. The molecule has 0 heterocycles. The van der Waals surface area contributed by atoms with Crippen molar-refractivity contribution in [1.29, 1.82) is 0 Å². The number of rotatable bonds is 2. The molecule has 0 radical (unpaired) electrons. The number of ether oxygens (including phenoxy) is 2. The van der Waals surface area contributed by atoms with Crippen LogP contribution in [0.3, 0.4) is 0 Å². The number of carbonyl (C=O) groups is 1. The van der Waals surface area contributed by atoms with Crippen molar-refractivity contribution in [2.45, 2.75) is 83.0 Å². The molecule has 0 amide bonds. The Kier molecular flexibility index (Phi) is 3.97. The highest BCUT2D eigenvalue weighted by Gasteiger charge is 2.68. The van der Waals surface area contributed by atoms with Crippen molar-refractivity contribution in [1.82, 2.24) is 0 Å². The topological polar surface area (TPSA) is 55.8 Å². The Morgan fingerprint density at radius 2 is 1.68 bits per heavy atom. The minimum Gasteiger partial charge on any atom is -0.389 e. The largest absolute Gasteiger partial charge is 0.389 e. The van der Waals surface area contributed by atoms with Crippen molar-refractivity contribution in [3.8, 4) is 0 Å². The van der Waals surface area contributed by atoms with E-state index in [1.54, 1.807) is 14.2 Å². The first-order valence-corrected chi connectivity index (χ1v) is 10.1. The van der Waals surface area contributed by atoms with Crippen molar-refractivity contribution in [3.05, 3.63) is 0 Å². The summed E-state index contributed by atoms with van der Waals surface area (Å²) in [7, 11) is 3.52. The third-order valence-electron chi connectivity index (χ3n) is 9.31. The van der Waals surface area contributed by atoms with Crippen LogP contribution in [0, 0.1) is 28.6 Å². The van der Waals surface area contributed by atoms with Gasteiger partial charge in [0.2, 0.25) is 0 Å². The molecule has 0 bridgehead atoms. The van der Waals surface area contributed by atoms with Gasteiger partial charge in [0, 0.05) is 33.5 Å². The van der Waals surface area contributed by atoms with Crippen LogP contribution >= 0.6 is 0 Å². The fourth-order valence-electron chi connectivity index (χ4n) is 7.38. The molecule has 0 aromatic heterocycles. The summed E-state index contributed by atoms with van der Waals surface area (Å²) in [6, 6.07) is 0. The summed E-state index contributed by atoms with van der Waals surface area (Å²) in [6.07, 6.45) is 8.27. The highest BCUT2D eigenvalue weighted by Crippen LogP contribution is 2.67. The third-order valence-corrected chi connectivity index (χ3v) is 9.31. The molecule has 1 N–H and O–H groups in total. The molecule has 0 spiro atoms. The van der Waals surface area contributed by atoms with Gasteiger partial charge in [-0.2, -0.15) is 0 Å². The van der Waals surface area contributed by atoms with Crippen molar-refractivity contribution < 1.29 is 19.4 Å². The molecule has 4 aliphatic carbocycles. The monoisotopic (exact) mass is 350 g/mol. The summed E-state index contributed by atoms with van der Waals surface area (Å²) in [4.78, 5) is 12.5. The summed E-state index contributed by atoms with van der Waals surface area (Å²) in [5.74, 6) is 1.23. The molecule has 4 nitrogen and oxygen atoms in total. The zero-order valence-corrected chi connectivity index (χ0v) is 16.3. The Morgan fingerprint density at radius 1 is 0.960 bits per heavy atom. The summed E-state index contributed by atoms with van der Waals surface area (Å²) < 4.78 is 11.5. The second-order valence-electron chi connectivity index (χ2n) is 9.73. The number of ketones is 1. The molecule has 4 aliphatic rings. The number of hydrogen-bond donors (Lipinski definition) is 1. The van der Waals surface area contributed by atoms with Gasteiger partial charge in [-0.1, -0.05) is 6.92 Å². The molecule has 0 aromatic carbocycles. The second kappa shape index (κ2) is 5.53. The number of aliphatic hydroxyl groups is 1. The van der Waals surface area contributed by atoms with E-state index in [4.69, 9.17) is 9.47 Å². The van der Waals surface area contributed by atoms with Gasteiger partial charge < -0.3 is 14.6 Å². The van der Waals surface area contributed by atoms with Crippen LogP contribution in [-0.4, -0.2) is 36.5 Å². The van der Waals surface area contributed by atoms with Crippen LogP contribution < -0.4 is 0 Å². The predicted octanol–water partition coefficient (Wildman–Crippen LogP) is 3.70. The van der Waals surface area contributed by atoms with Crippen molar-refractivity contribution in [2.24, 2.45) is 28.6 Å². The van der Waals surface area contributed by atoms with Gasteiger partial charge in [-0.25, -0.2) is 0 Å². The summed E-state index contributed by atoms with van der Waals surface area (Å²) in [5, 5.41) is 11.7. The average Bonchev–Trinajstić information content (AvgIpc) is 2.86. The maximum atomic E-state index is 12.5. The zero-order valence-electron chi connectivity index (χ0n) is 16.3. The van der Waals surface area contributed by atoms with Crippen LogP contribution in [0.15, 0.2) is 0 Å². The Hall–Kier alpha value is -0.450. The average molecular weight is 350 g/mol. The van der Waals surface area contributed by atoms with Gasteiger partial charge in [0.15, 0.2) is 5.79 Å².